The summed E-state index contributed by atoms with van der Waals surface area (Å²) in [4.78, 5) is 0. The highest BCUT2D eigenvalue weighted by Gasteiger charge is 2.47. The predicted octanol–water partition coefficient (Wildman–Crippen LogP) is 8.31. The highest BCUT2D eigenvalue weighted by molar-refractivity contribution is 7.65. The van der Waals surface area contributed by atoms with E-state index in [1.807, 2.05) is 60.6 Å². The molecule has 0 aromatic heterocycles. The summed E-state index contributed by atoms with van der Waals surface area (Å²) in [7, 11) is -2.75. The molecule has 0 amide bonds. The molecule has 0 aliphatic carbocycles. The van der Waals surface area contributed by atoms with E-state index in [1.54, 1.807) is 30.3 Å². The van der Waals surface area contributed by atoms with E-state index < -0.39 is 7.29 Å². The fourth-order valence-electron chi connectivity index (χ4n) is 3.30. The third kappa shape index (κ3) is 5.13. The molecule has 2 rings (SSSR count). The number of rotatable bonds is 5. The normalized spacial score (nSPS) is 14.0. The molecule has 2 aromatic carbocycles. The maximum atomic E-state index is 13.9. The zero-order valence-corrected chi connectivity index (χ0v) is 20.0. The molecule has 0 aliphatic rings. The monoisotopic (exact) mass is 441 g/mol. The number of benzene rings is 2. The molecule has 0 saturated carbocycles. The molecule has 1 N–H and O–H groups in total. The first-order valence-electron chi connectivity index (χ1n) is 9.35. The summed E-state index contributed by atoms with van der Waals surface area (Å²) in [5.41, 5.74) is 0.888. The Kier molecular flexibility index (Phi) is 6.99. The van der Waals surface area contributed by atoms with Crippen molar-refractivity contribution in [3.05, 3.63) is 58.1 Å². The van der Waals surface area contributed by atoms with Crippen LogP contribution in [0.15, 0.2) is 42.5 Å². The Balaban J connectivity index is 2.25. The smallest absolute Gasteiger partial charge is 0.158 e. The Bertz CT molecular complexity index is 850. The maximum absolute atomic E-state index is 13.9. The average Bonchev–Trinajstić information content (AvgIpc) is 2.55. The van der Waals surface area contributed by atoms with Crippen molar-refractivity contribution in [2.45, 2.75) is 64.8 Å². The van der Waals surface area contributed by atoms with E-state index >= 15 is 0 Å². The third-order valence-corrected chi connectivity index (χ3v) is 9.86. The van der Waals surface area contributed by atoms with Crippen molar-refractivity contribution in [3.8, 4) is 11.5 Å². The van der Waals surface area contributed by atoms with Crippen LogP contribution >= 0.6 is 30.5 Å². The van der Waals surface area contributed by atoms with Crippen molar-refractivity contribution in [3.63, 3.8) is 0 Å². The van der Waals surface area contributed by atoms with Crippen molar-refractivity contribution in [1.29, 1.82) is 0 Å². The lowest BCUT2D eigenvalue weighted by molar-refractivity contribution is 0.481. The molecule has 0 spiro atoms. The van der Waals surface area contributed by atoms with E-state index in [0.29, 0.717) is 21.5 Å². The van der Waals surface area contributed by atoms with Gasteiger partial charge in [0.1, 0.15) is 11.5 Å². The Morgan fingerprint density at radius 2 is 1.39 bits per heavy atom. The fraction of sp³-hybridized carbons (Fsp3) is 0.455. The maximum Gasteiger partial charge on any atom is 0.158 e. The number of hydrogen-bond acceptors (Lipinski definition) is 2. The molecule has 154 valence electrons. The Hall–Kier alpha value is -0.990. The van der Waals surface area contributed by atoms with Crippen LogP contribution in [0.3, 0.4) is 0 Å². The van der Waals surface area contributed by atoms with Crippen LogP contribution in [-0.4, -0.2) is 10.3 Å². The minimum absolute atomic E-state index is 0.165. The molecule has 3 nitrogen and oxygen atoms in total. The number of nitrogens with one attached hydrogen (secondary N) is 1. The Morgan fingerprint density at radius 3 is 1.86 bits per heavy atom. The SMILES string of the molecule is CC(NP(=O)(C(C)(C)C)C(C)(C)C)c1ccc(Oc2ccc(Cl)cc2)cc1Cl. The zero-order valence-electron chi connectivity index (χ0n) is 17.6. The summed E-state index contributed by atoms with van der Waals surface area (Å²) in [6.45, 7) is 14.1. The lowest BCUT2D eigenvalue weighted by atomic mass is 10.1. The Labute approximate surface area is 179 Å². The van der Waals surface area contributed by atoms with Gasteiger partial charge in [0.15, 0.2) is 7.29 Å². The topological polar surface area (TPSA) is 38.3 Å². The van der Waals surface area contributed by atoms with Gasteiger partial charge in [-0.1, -0.05) is 70.8 Å². The average molecular weight is 442 g/mol. The molecule has 0 fully saturated rings. The van der Waals surface area contributed by atoms with Gasteiger partial charge in [-0.05, 0) is 48.9 Å². The summed E-state index contributed by atoms with van der Waals surface area (Å²) in [6.07, 6.45) is 0. The van der Waals surface area contributed by atoms with Crippen LogP contribution in [0.5, 0.6) is 11.5 Å². The molecule has 1 atom stereocenters. The first-order chi connectivity index (χ1) is 12.7. The van der Waals surface area contributed by atoms with E-state index in [0.717, 1.165) is 5.56 Å². The van der Waals surface area contributed by atoms with Gasteiger partial charge < -0.3 is 9.30 Å². The summed E-state index contributed by atoms with van der Waals surface area (Å²) >= 11 is 12.4. The predicted molar refractivity (Wildman–Crippen MR) is 122 cm³/mol. The van der Waals surface area contributed by atoms with E-state index in [2.05, 4.69) is 5.09 Å². The largest absolute Gasteiger partial charge is 0.457 e. The summed E-state index contributed by atoms with van der Waals surface area (Å²) in [5.74, 6) is 1.32. The summed E-state index contributed by atoms with van der Waals surface area (Å²) < 4.78 is 19.7. The van der Waals surface area contributed by atoms with Gasteiger partial charge in [0.2, 0.25) is 0 Å². The van der Waals surface area contributed by atoms with Crippen molar-refractivity contribution in [1.82, 2.24) is 5.09 Å². The van der Waals surface area contributed by atoms with Crippen LogP contribution in [0.25, 0.3) is 0 Å². The van der Waals surface area contributed by atoms with Crippen molar-refractivity contribution < 1.29 is 9.30 Å². The van der Waals surface area contributed by atoms with Gasteiger partial charge >= 0.3 is 0 Å². The second kappa shape index (κ2) is 8.40. The molecule has 28 heavy (non-hydrogen) atoms. The van der Waals surface area contributed by atoms with Gasteiger partial charge in [-0.2, -0.15) is 0 Å². The molecule has 0 heterocycles. The minimum atomic E-state index is -2.75. The number of halogens is 2. The van der Waals surface area contributed by atoms with Crippen LogP contribution in [0.2, 0.25) is 10.0 Å². The van der Waals surface area contributed by atoms with Crippen LogP contribution in [-0.2, 0) is 4.57 Å². The highest BCUT2D eigenvalue weighted by Crippen LogP contribution is 2.64. The fourth-order valence-corrected chi connectivity index (χ4v) is 7.23. The molecular weight excluding hydrogens is 412 g/mol. The van der Waals surface area contributed by atoms with E-state index in [9.17, 15) is 4.57 Å². The molecule has 6 heteroatoms. The minimum Gasteiger partial charge on any atom is -0.457 e. The highest BCUT2D eigenvalue weighted by atomic mass is 35.5. The van der Waals surface area contributed by atoms with Gasteiger partial charge in [0, 0.05) is 26.4 Å². The van der Waals surface area contributed by atoms with Crippen LogP contribution < -0.4 is 9.82 Å². The second-order valence-corrected chi connectivity index (χ2v) is 14.0. The molecule has 0 bridgehead atoms. The second-order valence-electron chi connectivity index (χ2n) is 9.04. The van der Waals surface area contributed by atoms with Crippen LogP contribution in [0.1, 0.15) is 60.1 Å². The molecule has 0 saturated heterocycles. The van der Waals surface area contributed by atoms with Gasteiger partial charge in [-0.15, -0.1) is 0 Å². The summed E-state index contributed by atoms with van der Waals surface area (Å²) in [6, 6.07) is 12.6. The van der Waals surface area contributed by atoms with E-state index in [4.69, 9.17) is 27.9 Å². The molecule has 2 aromatic rings. The lowest BCUT2D eigenvalue weighted by Crippen LogP contribution is -2.37. The number of ether oxygens (including phenoxy) is 1. The third-order valence-electron chi connectivity index (χ3n) is 4.75. The molecule has 0 radical (unpaired) electrons. The quantitative estimate of drug-likeness (QED) is 0.473. The van der Waals surface area contributed by atoms with E-state index in [1.165, 1.54) is 0 Å². The zero-order chi connectivity index (χ0) is 21.3. The molecule has 1 unspecified atom stereocenters. The van der Waals surface area contributed by atoms with Gasteiger partial charge in [-0.25, -0.2) is 0 Å². The standard InChI is InChI=1S/C22H30Cl2NO2P/c1-15(25-28(26,21(2,3)4)22(5,6)7)19-13-12-18(14-20(19)24)27-17-10-8-16(23)9-11-17/h8-15H,1-7H3,(H,25,26). The first kappa shape index (κ1) is 23.3. The summed E-state index contributed by atoms with van der Waals surface area (Å²) in [5, 5.41) is 3.90. The van der Waals surface area contributed by atoms with Crippen molar-refractivity contribution in [2.24, 2.45) is 0 Å². The van der Waals surface area contributed by atoms with Crippen molar-refractivity contribution >= 4 is 30.5 Å². The van der Waals surface area contributed by atoms with Gasteiger partial charge in [0.25, 0.3) is 0 Å². The van der Waals surface area contributed by atoms with E-state index in [-0.39, 0.29) is 16.4 Å². The van der Waals surface area contributed by atoms with Crippen LogP contribution in [0, 0.1) is 0 Å². The van der Waals surface area contributed by atoms with Crippen molar-refractivity contribution in [2.75, 3.05) is 0 Å². The van der Waals surface area contributed by atoms with Gasteiger partial charge in [-0.3, -0.25) is 5.09 Å². The number of hydrogen-bond donors (Lipinski definition) is 1. The molecular formula is C22H30Cl2NO2P. The van der Waals surface area contributed by atoms with Gasteiger partial charge in [0.05, 0.1) is 0 Å². The molecule has 0 aliphatic heterocycles. The Morgan fingerprint density at radius 1 is 0.893 bits per heavy atom. The lowest BCUT2D eigenvalue weighted by Gasteiger charge is -2.43. The van der Waals surface area contributed by atoms with Crippen LogP contribution in [0.4, 0.5) is 0 Å². The first-order valence-corrected chi connectivity index (χ1v) is 11.8.